The number of rotatable bonds is 91. The maximum Gasteiger partial charge on any atom is 0.353 e. The van der Waals surface area contributed by atoms with Crippen molar-refractivity contribution in [3.63, 3.8) is 0 Å². The zero-order valence-corrected chi connectivity index (χ0v) is 73.0. The molecule has 0 aromatic carbocycles. The summed E-state index contributed by atoms with van der Waals surface area (Å²) in [6, 6.07) is 0. The van der Waals surface area contributed by atoms with Crippen LogP contribution in [0.5, 0.6) is 0 Å². The Hall–Kier alpha value is -2.45. The fourth-order valence-electron chi connectivity index (χ4n) is 15.3. The molecule has 0 saturated heterocycles. The average molecular weight is 1490 g/mol. The minimum atomic E-state index is -3.10. The van der Waals surface area contributed by atoms with E-state index in [-0.39, 0.29) is 0 Å². The second kappa shape index (κ2) is 96.7. The second-order valence-electron chi connectivity index (χ2n) is 32.8. The van der Waals surface area contributed by atoms with E-state index in [1.807, 2.05) is 72.9 Å². The maximum absolute atomic E-state index is 11.9. The van der Waals surface area contributed by atoms with Gasteiger partial charge in [0.2, 0.25) is 0 Å². The first kappa shape index (κ1) is 104. The summed E-state index contributed by atoms with van der Waals surface area (Å²) >= 11 is 0. The van der Waals surface area contributed by atoms with E-state index in [2.05, 4.69) is 37.3 Å². The highest BCUT2D eigenvalue weighted by atomic mass is 31.2. The predicted octanol–water partition coefficient (Wildman–Crippen LogP) is 37.8. The van der Waals surface area contributed by atoms with E-state index in [1.165, 1.54) is 527 Å². The van der Waals surface area contributed by atoms with Gasteiger partial charge in [-0.2, -0.15) is 0 Å². The van der Waals surface area contributed by atoms with Crippen LogP contribution in [-0.2, 0) is 13.6 Å². The van der Waals surface area contributed by atoms with Crippen molar-refractivity contribution in [2.45, 2.75) is 514 Å². The van der Waals surface area contributed by atoms with Gasteiger partial charge in [0.1, 0.15) is 0 Å². The van der Waals surface area contributed by atoms with Gasteiger partial charge in [-0.05, 0) is 12.8 Å². The first-order valence-corrected chi connectivity index (χ1v) is 49.7. The normalized spacial score (nSPS) is 12.7. The number of unbranched alkanes of at least 4 members (excludes halogenated alkanes) is 78. The second-order valence-corrected chi connectivity index (χ2v) is 34.9. The van der Waals surface area contributed by atoms with Crippen LogP contribution in [0.3, 0.4) is 0 Å². The molecule has 3 nitrogen and oxygen atoms in total. The SMILES string of the molecule is CCCCCCCCCCCCCCCCCCCCCCCCCCCCCCCCCCCCCCCCCCCCCCCCCCCCCCCCCCCCCCCCCCCCCCCCCCCCCCCCC=CC=CC=CC=CC=CC=CC=CC=CC=CC=CP(=O)(OC)OC. The number of hydrogen-bond donors (Lipinski definition) is 0. The minimum Gasteiger partial charge on any atom is -0.309 e. The largest absolute Gasteiger partial charge is 0.353 e. The molecule has 0 N–H and O–H groups in total. The third kappa shape index (κ3) is 93.9. The van der Waals surface area contributed by atoms with Crippen LogP contribution in [0.15, 0.2) is 121 Å². The molecule has 618 valence electrons. The number of hydrogen-bond acceptors (Lipinski definition) is 3. The highest BCUT2D eigenvalue weighted by molar-refractivity contribution is 7.57. The molecule has 0 saturated carbocycles. The van der Waals surface area contributed by atoms with Crippen LogP contribution >= 0.6 is 7.60 Å². The summed E-state index contributed by atoms with van der Waals surface area (Å²) in [5, 5.41) is 0. The van der Waals surface area contributed by atoms with E-state index in [0.29, 0.717) is 0 Å². The van der Waals surface area contributed by atoms with E-state index >= 15 is 0 Å². The van der Waals surface area contributed by atoms with Crippen LogP contribution in [0.25, 0.3) is 0 Å². The van der Waals surface area contributed by atoms with E-state index in [0.717, 1.165) is 0 Å². The smallest absolute Gasteiger partial charge is 0.309 e. The monoisotopic (exact) mass is 1490 g/mol. The average Bonchev–Trinajstić information content (AvgIpc) is 0.949. The summed E-state index contributed by atoms with van der Waals surface area (Å²) in [7, 11) is -0.360. The zero-order valence-electron chi connectivity index (χ0n) is 72.1. The first-order chi connectivity index (χ1) is 52.7. The molecule has 0 rings (SSSR count). The maximum atomic E-state index is 11.9. The van der Waals surface area contributed by atoms with Crippen molar-refractivity contribution in [3.8, 4) is 0 Å². The topological polar surface area (TPSA) is 35.5 Å². The molecule has 4 heteroatoms. The Bertz CT molecular complexity index is 1990. The molecule has 106 heavy (non-hydrogen) atoms. The number of allylic oxidation sites excluding steroid dienone is 19. The predicted molar refractivity (Wildman–Crippen MR) is 483 cm³/mol. The molecule has 0 aliphatic heterocycles. The Morgan fingerprint density at radius 1 is 0.160 bits per heavy atom. The lowest BCUT2D eigenvalue weighted by Crippen LogP contribution is -1.85. The Balaban J connectivity index is 3.21. The molecular weight excluding hydrogens is 1300 g/mol. The van der Waals surface area contributed by atoms with Crippen molar-refractivity contribution < 1.29 is 13.6 Å². The summed E-state index contributed by atoms with van der Waals surface area (Å²) in [6.07, 6.45) is 154. The fraction of sp³-hybridized carbons (Fsp3) is 0.804. The third-order valence-corrected chi connectivity index (χ3v) is 24.1. The lowest BCUT2D eigenvalue weighted by Gasteiger charge is -2.06. The van der Waals surface area contributed by atoms with Gasteiger partial charge < -0.3 is 9.05 Å². The van der Waals surface area contributed by atoms with Crippen LogP contribution in [-0.4, -0.2) is 14.2 Å². The molecule has 0 aromatic heterocycles. The molecule has 0 aliphatic rings. The van der Waals surface area contributed by atoms with Gasteiger partial charge in [0, 0.05) is 20.0 Å². The van der Waals surface area contributed by atoms with Gasteiger partial charge in [0.05, 0.1) is 0 Å². The Labute approximate surface area is 666 Å². The highest BCUT2D eigenvalue weighted by Gasteiger charge is 2.14. The van der Waals surface area contributed by atoms with Gasteiger partial charge in [0.15, 0.2) is 0 Å². The van der Waals surface area contributed by atoms with Crippen LogP contribution in [0.4, 0.5) is 0 Å². The van der Waals surface area contributed by atoms with Crippen molar-refractivity contribution in [1.29, 1.82) is 0 Å². The molecule has 0 atom stereocenters. The Kier molecular flexibility index (Phi) is 94.5. The Morgan fingerprint density at radius 2 is 0.274 bits per heavy atom. The van der Waals surface area contributed by atoms with Crippen LogP contribution < -0.4 is 0 Å². The molecule has 0 bridgehead atoms. The van der Waals surface area contributed by atoms with Gasteiger partial charge in [-0.25, -0.2) is 0 Å². The van der Waals surface area contributed by atoms with Crippen molar-refractivity contribution in [2.75, 3.05) is 14.2 Å². The molecular formula is C102H187O3P. The van der Waals surface area contributed by atoms with Crippen LogP contribution in [0.2, 0.25) is 0 Å². The lowest BCUT2D eigenvalue weighted by atomic mass is 10.0. The summed E-state index contributed by atoms with van der Waals surface area (Å²) in [5.41, 5.74) is 0. The van der Waals surface area contributed by atoms with Crippen LogP contribution in [0.1, 0.15) is 514 Å². The van der Waals surface area contributed by atoms with E-state index in [1.54, 1.807) is 12.2 Å². The first-order valence-electron chi connectivity index (χ1n) is 48.1. The molecule has 0 radical (unpaired) electrons. The Morgan fingerprint density at radius 3 is 0.406 bits per heavy atom. The van der Waals surface area contributed by atoms with Crippen molar-refractivity contribution >= 4 is 7.60 Å². The molecule has 0 spiro atoms. The fourth-order valence-corrected chi connectivity index (χ4v) is 16.0. The molecule has 0 heterocycles. The van der Waals surface area contributed by atoms with Gasteiger partial charge in [-0.3, -0.25) is 4.57 Å². The third-order valence-electron chi connectivity index (χ3n) is 22.5. The summed E-state index contributed by atoms with van der Waals surface area (Å²) in [4.78, 5) is 0. The van der Waals surface area contributed by atoms with Gasteiger partial charge in [-0.15, -0.1) is 0 Å². The van der Waals surface area contributed by atoms with E-state index in [9.17, 15) is 4.57 Å². The van der Waals surface area contributed by atoms with Crippen molar-refractivity contribution in [3.05, 3.63) is 121 Å². The summed E-state index contributed by atoms with van der Waals surface area (Å²) in [6.45, 7) is 2.32. The molecule has 0 fully saturated rings. The van der Waals surface area contributed by atoms with E-state index < -0.39 is 7.60 Å². The molecule has 0 amide bonds. The van der Waals surface area contributed by atoms with Crippen LogP contribution in [0, 0.1) is 0 Å². The highest BCUT2D eigenvalue weighted by Crippen LogP contribution is 2.47. The molecule has 0 aliphatic carbocycles. The van der Waals surface area contributed by atoms with Gasteiger partial charge in [0.25, 0.3) is 0 Å². The molecule has 0 unspecified atom stereocenters. The zero-order chi connectivity index (χ0) is 75.9. The minimum absolute atomic E-state index is 1.18. The molecule has 0 aromatic rings. The van der Waals surface area contributed by atoms with Gasteiger partial charge >= 0.3 is 7.60 Å². The quantitative estimate of drug-likeness (QED) is 0.0346. The van der Waals surface area contributed by atoms with Crippen molar-refractivity contribution in [1.82, 2.24) is 0 Å². The summed E-state index contributed by atoms with van der Waals surface area (Å²) in [5.74, 6) is 1.43. The standard InChI is InChI=1S/C102H187O3P/c1-4-5-6-7-8-9-10-11-12-13-14-15-16-17-18-19-20-21-22-23-24-25-26-27-28-29-30-31-32-33-34-35-36-37-38-39-40-41-42-43-44-45-46-47-48-49-50-51-52-53-54-55-56-57-58-59-60-61-62-63-64-65-66-67-68-69-70-71-72-73-74-75-76-77-78-79-80-81-82-83-84-85-86-87-88-89-90-91-92-93-94-95-96-97-98-99-100-101-102-106(103,104-2)105-3/h83-102H,4-82H2,1-3H3. The van der Waals surface area contributed by atoms with Crippen molar-refractivity contribution in [2.24, 2.45) is 0 Å². The summed E-state index contributed by atoms with van der Waals surface area (Å²) < 4.78 is 21.6. The van der Waals surface area contributed by atoms with E-state index in [4.69, 9.17) is 9.05 Å². The lowest BCUT2D eigenvalue weighted by molar-refractivity contribution is 0.286. The van der Waals surface area contributed by atoms with Gasteiger partial charge in [-0.1, -0.05) is 617 Å².